The summed E-state index contributed by atoms with van der Waals surface area (Å²) in [5.41, 5.74) is 1.09. The maximum Gasteiger partial charge on any atom is 0.305 e. The van der Waals surface area contributed by atoms with Gasteiger partial charge in [-0.1, -0.05) is 30.3 Å². The van der Waals surface area contributed by atoms with Crippen molar-refractivity contribution in [2.24, 2.45) is 0 Å². The van der Waals surface area contributed by atoms with Crippen molar-refractivity contribution in [3.8, 4) is 0 Å². The normalized spacial score (nSPS) is 15.5. The van der Waals surface area contributed by atoms with Crippen LogP contribution in [0.5, 0.6) is 0 Å². The van der Waals surface area contributed by atoms with Crippen LogP contribution in [0.1, 0.15) is 37.7 Å². The van der Waals surface area contributed by atoms with Crippen molar-refractivity contribution in [2.75, 3.05) is 40.3 Å². The molecule has 0 bridgehead atoms. The van der Waals surface area contributed by atoms with Crippen LogP contribution >= 0.6 is 0 Å². The van der Waals surface area contributed by atoms with Gasteiger partial charge in [-0.25, -0.2) is 0 Å². The van der Waals surface area contributed by atoms with Gasteiger partial charge in [-0.15, -0.1) is 0 Å². The third-order valence-corrected chi connectivity index (χ3v) is 5.83. The van der Waals surface area contributed by atoms with Crippen LogP contribution in [0.4, 0.5) is 0 Å². The molecule has 1 fully saturated rings. The zero-order valence-electron chi connectivity index (χ0n) is 18.7. The number of carboxylic acid groups (broad SMARTS) is 1. The van der Waals surface area contributed by atoms with Crippen molar-refractivity contribution in [1.82, 2.24) is 20.4 Å². The SMILES string of the molecule is CN(CC(=O)NC(CCc1ccccc1)CC(=O)O)C(=O)CCN(C)C1CCNCC1. The Balaban J connectivity index is 1.76. The third kappa shape index (κ3) is 9.48. The van der Waals surface area contributed by atoms with Crippen LogP contribution in [-0.2, 0) is 20.8 Å². The maximum atomic E-state index is 12.5. The third-order valence-electron chi connectivity index (χ3n) is 5.83. The van der Waals surface area contributed by atoms with Crippen molar-refractivity contribution in [3.63, 3.8) is 0 Å². The molecule has 8 heteroatoms. The van der Waals surface area contributed by atoms with E-state index in [1.165, 1.54) is 4.90 Å². The van der Waals surface area contributed by atoms with Crippen LogP contribution in [-0.4, -0.2) is 85.0 Å². The fourth-order valence-corrected chi connectivity index (χ4v) is 3.89. The van der Waals surface area contributed by atoms with Crippen LogP contribution in [0.15, 0.2) is 30.3 Å². The Morgan fingerprint density at radius 1 is 1.16 bits per heavy atom. The van der Waals surface area contributed by atoms with Gasteiger partial charge in [0.1, 0.15) is 0 Å². The summed E-state index contributed by atoms with van der Waals surface area (Å²) in [6.07, 6.45) is 3.58. The number of benzene rings is 1. The number of carboxylic acids is 1. The highest BCUT2D eigenvalue weighted by Gasteiger charge is 2.21. The molecule has 0 aliphatic carbocycles. The molecular formula is C23H36N4O4. The number of hydrogen-bond donors (Lipinski definition) is 3. The topological polar surface area (TPSA) is 102 Å². The van der Waals surface area contributed by atoms with E-state index in [0.717, 1.165) is 31.5 Å². The minimum atomic E-state index is -0.955. The molecule has 1 saturated heterocycles. The van der Waals surface area contributed by atoms with Crippen LogP contribution in [0.2, 0.25) is 0 Å². The molecule has 0 radical (unpaired) electrons. The van der Waals surface area contributed by atoms with Crippen molar-refractivity contribution >= 4 is 17.8 Å². The summed E-state index contributed by atoms with van der Waals surface area (Å²) in [6, 6.07) is 9.77. The van der Waals surface area contributed by atoms with Crippen molar-refractivity contribution in [3.05, 3.63) is 35.9 Å². The Morgan fingerprint density at radius 2 is 1.84 bits per heavy atom. The molecule has 31 heavy (non-hydrogen) atoms. The molecule has 1 heterocycles. The van der Waals surface area contributed by atoms with Crippen molar-refractivity contribution in [1.29, 1.82) is 0 Å². The number of rotatable bonds is 12. The highest BCUT2D eigenvalue weighted by atomic mass is 16.4. The number of nitrogens with one attached hydrogen (secondary N) is 2. The number of carbonyl (C=O) groups is 3. The zero-order chi connectivity index (χ0) is 22.6. The summed E-state index contributed by atoms with van der Waals surface area (Å²) < 4.78 is 0. The Morgan fingerprint density at radius 3 is 2.48 bits per heavy atom. The molecule has 8 nitrogen and oxygen atoms in total. The number of amides is 2. The van der Waals surface area contributed by atoms with Gasteiger partial charge in [0.2, 0.25) is 11.8 Å². The van der Waals surface area contributed by atoms with E-state index < -0.39 is 12.0 Å². The van der Waals surface area contributed by atoms with Crippen LogP contribution in [0, 0.1) is 0 Å². The van der Waals surface area contributed by atoms with Gasteiger partial charge in [-0.05, 0) is 51.4 Å². The summed E-state index contributed by atoms with van der Waals surface area (Å²) in [7, 11) is 3.65. The Labute approximate surface area is 185 Å². The van der Waals surface area contributed by atoms with E-state index in [-0.39, 0.29) is 24.8 Å². The molecule has 2 amide bonds. The number of aryl methyl sites for hydroxylation is 1. The quantitative estimate of drug-likeness (QED) is 0.457. The molecule has 0 saturated carbocycles. The predicted molar refractivity (Wildman–Crippen MR) is 120 cm³/mol. The van der Waals surface area contributed by atoms with Gasteiger partial charge in [0.15, 0.2) is 0 Å². The molecule has 0 spiro atoms. The van der Waals surface area contributed by atoms with Gasteiger partial charge in [-0.3, -0.25) is 14.4 Å². The molecule has 1 atom stereocenters. The average molecular weight is 433 g/mol. The molecule has 1 aromatic carbocycles. The molecule has 1 unspecified atom stereocenters. The average Bonchev–Trinajstić information content (AvgIpc) is 2.76. The van der Waals surface area contributed by atoms with Crippen LogP contribution < -0.4 is 10.6 Å². The lowest BCUT2D eigenvalue weighted by Gasteiger charge is -2.31. The number of hydrogen-bond acceptors (Lipinski definition) is 5. The monoisotopic (exact) mass is 432 g/mol. The standard InChI is InChI=1S/C23H36N4O4/c1-26(20-10-13-24-14-11-20)15-12-22(29)27(2)17-21(28)25-19(16-23(30)31)9-8-18-6-4-3-5-7-18/h3-7,19-20,24H,8-17H2,1-2H3,(H,25,28)(H,30,31). The van der Waals surface area contributed by atoms with E-state index in [0.29, 0.717) is 31.8 Å². The van der Waals surface area contributed by atoms with E-state index >= 15 is 0 Å². The first-order valence-electron chi connectivity index (χ1n) is 11.0. The number of carbonyl (C=O) groups excluding carboxylic acids is 2. The summed E-state index contributed by atoms with van der Waals surface area (Å²) >= 11 is 0. The van der Waals surface area contributed by atoms with Gasteiger partial charge in [-0.2, -0.15) is 0 Å². The highest BCUT2D eigenvalue weighted by molar-refractivity contribution is 5.85. The van der Waals surface area contributed by atoms with Crippen LogP contribution in [0.25, 0.3) is 0 Å². The molecule has 1 aromatic rings. The van der Waals surface area contributed by atoms with E-state index in [2.05, 4.69) is 15.5 Å². The molecule has 0 aromatic heterocycles. The predicted octanol–water partition coefficient (Wildman–Crippen LogP) is 1.11. The van der Waals surface area contributed by atoms with E-state index in [1.54, 1.807) is 7.05 Å². The molecule has 1 aliphatic rings. The smallest absolute Gasteiger partial charge is 0.305 e. The summed E-state index contributed by atoms with van der Waals surface area (Å²) in [5, 5.41) is 15.3. The molecule has 1 aliphatic heterocycles. The zero-order valence-corrected chi connectivity index (χ0v) is 18.7. The van der Waals surface area contributed by atoms with E-state index in [1.807, 2.05) is 37.4 Å². The second kappa shape index (κ2) is 13.1. The van der Waals surface area contributed by atoms with E-state index in [9.17, 15) is 14.4 Å². The number of piperidine rings is 1. The second-order valence-electron chi connectivity index (χ2n) is 8.35. The first kappa shape index (κ1) is 24.8. The minimum absolute atomic E-state index is 0.0721. The lowest BCUT2D eigenvalue weighted by Crippen LogP contribution is -2.45. The van der Waals surface area contributed by atoms with Gasteiger partial charge in [0.05, 0.1) is 13.0 Å². The number of likely N-dealkylation sites (N-methyl/N-ethyl adjacent to an activating group) is 1. The molecule has 3 N–H and O–H groups in total. The fourth-order valence-electron chi connectivity index (χ4n) is 3.89. The van der Waals surface area contributed by atoms with Gasteiger partial charge >= 0.3 is 5.97 Å². The van der Waals surface area contributed by atoms with Gasteiger partial charge < -0.3 is 25.5 Å². The molecule has 172 valence electrons. The van der Waals surface area contributed by atoms with Gasteiger partial charge in [0.25, 0.3) is 0 Å². The summed E-state index contributed by atoms with van der Waals surface area (Å²) in [5.74, 6) is -1.37. The summed E-state index contributed by atoms with van der Waals surface area (Å²) in [6.45, 7) is 2.60. The maximum absolute atomic E-state index is 12.5. The van der Waals surface area contributed by atoms with E-state index in [4.69, 9.17) is 5.11 Å². The fraction of sp³-hybridized carbons (Fsp3) is 0.609. The second-order valence-corrected chi connectivity index (χ2v) is 8.35. The number of nitrogens with zero attached hydrogens (tertiary/aromatic N) is 2. The molecular weight excluding hydrogens is 396 g/mol. The lowest BCUT2D eigenvalue weighted by atomic mass is 10.0. The Bertz CT molecular complexity index is 707. The number of aliphatic carboxylic acids is 1. The van der Waals surface area contributed by atoms with Crippen LogP contribution in [0.3, 0.4) is 0 Å². The first-order valence-corrected chi connectivity index (χ1v) is 11.0. The molecule has 2 rings (SSSR count). The Hall–Kier alpha value is -2.45. The van der Waals surface area contributed by atoms with Crippen molar-refractivity contribution < 1.29 is 19.5 Å². The minimum Gasteiger partial charge on any atom is -0.481 e. The summed E-state index contributed by atoms with van der Waals surface area (Å²) in [4.78, 5) is 39.7. The first-order chi connectivity index (χ1) is 14.8. The van der Waals surface area contributed by atoms with Gasteiger partial charge in [0, 0.05) is 32.1 Å². The lowest BCUT2D eigenvalue weighted by molar-refractivity contribution is -0.138. The van der Waals surface area contributed by atoms with Crippen molar-refractivity contribution in [2.45, 2.75) is 50.6 Å². The Kier molecular flexibility index (Phi) is 10.5. The highest BCUT2D eigenvalue weighted by Crippen LogP contribution is 2.11. The largest absolute Gasteiger partial charge is 0.481 e.